The maximum Gasteiger partial charge on any atom is 0.139 e. The first-order chi connectivity index (χ1) is 11.7. The average Bonchev–Trinajstić information content (AvgIpc) is 2.97. The zero-order valence-corrected chi connectivity index (χ0v) is 15.0. The van der Waals surface area contributed by atoms with E-state index in [-0.39, 0.29) is 11.9 Å². The second-order valence-corrected chi connectivity index (χ2v) is 7.39. The summed E-state index contributed by atoms with van der Waals surface area (Å²) >= 11 is 3.44. The third kappa shape index (κ3) is 2.84. The third-order valence-electron chi connectivity index (χ3n) is 4.98. The molecule has 0 bridgehead atoms. The Morgan fingerprint density at radius 2 is 2.00 bits per heavy atom. The lowest BCUT2D eigenvalue weighted by atomic mass is 9.81. The van der Waals surface area contributed by atoms with Crippen molar-refractivity contribution in [3.05, 3.63) is 57.6 Å². The van der Waals surface area contributed by atoms with E-state index in [4.69, 9.17) is 4.74 Å². The van der Waals surface area contributed by atoms with Gasteiger partial charge in [0.2, 0.25) is 0 Å². The Bertz CT molecular complexity index is 773. The molecule has 124 valence electrons. The van der Waals surface area contributed by atoms with Crippen LogP contribution in [0.1, 0.15) is 48.3 Å². The van der Waals surface area contributed by atoms with E-state index >= 15 is 0 Å². The maximum atomic E-state index is 10.6. The Hall–Kier alpha value is -1.81. The predicted molar refractivity (Wildman–Crippen MR) is 99.2 cm³/mol. The average molecular weight is 386 g/mol. The molecule has 1 fully saturated rings. The van der Waals surface area contributed by atoms with Crippen LogP contribution in [-0.4, -0.2) is 17.4 Å². The van der Waals surface area contributed by atoms with E-state index in [2.05, 4.69) is 33.1 Å². The molecule has 4 rings (SSSR count). The lowest BCUT2D eigenvalue weighted by Crippen LogP contribution is -2.22. The van der Waals surface area contributed by atoms with Crippen LogP contribution in [0.4, 0.5) is 0 Å². The molecule has 0 spiro atoms. The monoisotopic (exact) mass is 385 g/mol. The van der Waals surface area contributed by atoms with E-state index in [1.165, 1.54) is 12.8 Å². The molecule has 0 saturated heterocycles. The number of fused-ring (bicyclic) bond motifs is 3. The standard InChI is InChI=1S/C20H20BrNO2/c21-16-10-18-19(14-8-4-5-9-17(14)24-18)15(20(16)23)12-22-11-13-6-2-1-3-7-13/h1-3,6-7,10,12,14,17,23H,4-5,8-9,11H2/t14-,17+/m0/s1. The summed E-state index contributed by atoms with van der Waals surface area (Å²) in [4.78, 5) is 4.57. The molecular formula is C20H20BrNO2. The summed E-state index contributed by atoms with van der Waals surface area (Å²) < 4.78 is 6.82. The molecule has 4 heteroatoms. The smallest absolute Gasteiger partial charge is 0.139 e. The lowest BCUT2D eigenvalue weighted by Gasteiger charge is -2.24. The second kappa shape index (κ2) is 6.60. The summed E-state index contributed by atoms with van der Waals surface area (Å²) in [5.74, 6) is 1.55. The molecule has 2 aromatic rings. The van der Waals surface area contributed by atoms with Gasteiger partial charge in [0.05, 0.1) is 11.0 Å². The van der Waals surface area contributed by atoms with E-state index in [9.17, 15) is 5.11 Å². The fourth-order valence-corrected chi connectivity index (χ4v) is 4.24. The van der Waals surface area contributed by atoms with Crippen molar-refractivity contribution in [3.63, 3.8) is 0 Å². The van der Waals surface area contributed by atoms with E-state index in [1.807, 2.05) is 30.5 Å². The normalized spacial score (nSPS) is 22.2. The molecule has 3 nitrogen and oxygen atoms in total. The van der Waals surface area contributed by atoms with Crippen molar-refractivity contribution in [1.82, 2.24) is 0 Å². The van der Waals surface area contributed by atoms with E-state index in [0.29, 0.717) is 16.9 Å². The second-order valence-electron chi connectivity index (χ2n) is 6.54. The molecule has 2 aromatic carbocycles. The molecule has 24 heavy (non-hydrogen) atoms. The first kappa shape index (κ1) is 15.7. The first-order valence-corrected chi connectivity index (χ1v) is 9.29. The molecule has 1 aliphatic heterocycles. The Balaban J connectivity index is 1.68. The Kier molecular flexibility index (Phi) is 4.31. The molecule has 0 unspecified atom stereocenters. The summed E-state index contributed by atoms with van der Waals surface area (Å²) in [6.07, 6.45) is 6.73. The van der Waals surface area contributed by atoms with Gasteiger partial charge in [-0.05, 0) is 46.8 Å². The molecule has 0 radical (unpaired) electrons. The maximum absolute atomic E-state index is 10.6. The van der Waals surface area contributed by atoms with Gasteiger partial charge >= 0.3 is 0 Å². The van der Waals surface area contributed by atoms with Gasteiger partial charge < -0.3 is 9.84 Å². The molecule has 1 heterocycles. The van der Waals surface area contributed by atoms with Crippen LogP contribution in [-0.2, 0) is 6.54 Å². The number of hydrogen-bond donors (Lipinski definition) is 1. The SMILES string of the molecule is Oc1c(Br)cc2c(c1C=NCc1ccccc1)[C@H]1CCCC[C@H]1O2. The number of ether oxygens (including phenoxy) is 1. The Labute approximate surface area is 150 Å². The van der Waals surface area contributed by atoms with E-state index < -0.39 is 0 Å². The van der Waals surface area contributed by atoms with Crippen LogP contribution >= 0.6 is 15.9 Å². The van der Waals surface area contributed by atoms with Crippen LogP contribution in [0.2, 0.25) is 0 Å². The number of halogens is 1. The molecule has 0 amide bonds. The van der Waals surface area contributed by atoms with Crippen molar-refractivity contribution < 1.29 is 9.84 Å². The summed E-state index contributed by atoms with van der Waals surface area (Å²) in [6.45, 7) is 0.608. The number of hydrogen-bond acceptors (Lipinski definition) is 3. The van der Waals surface area contributed by atoms with Gasteiger partial charge in [-0.25, -0.2) is 0 Å². The summed E-state index contributed by atoms with van der Waals surface area (Å²) in [5, 5.41) is 10.6. The fraction of sp³-hybridized carbons (Fsp3) is 0.350. The van der Waals surface area contributed by atoms with Gasteiger partial charge in [-0.15, -0.1) is 0 Å². The minimum absolute atomic E-state index is 0.253. The van der Waals surface area contributed by atoms with Crippen molar-refractivity contribution >= 4 is 22.1 Å². The van der Waals surface area contributed by atoms with Gasteiger partial charge in [0.25, 0.3) is 0 Å². The van der Waals surface area contributed by atoms with Crippen molar-refractivity contribution in [3.8, 4) is 11.5 Å². The van der Waals surface area contributed by atoms with Gasteiger partial charge in [0, 0.05) is 23.3 Å². The van der Waals surface area contributed by atoms with Crippen LogP contribution in [0.3, 0.4) is 0 Å². The first-order valence-electron chi connectivity index (χ1n) is 8.50. The zero-order valence-electron chi connectivity index (χ0n) is 13.4. The van der Waals surface area contributed by atoms with Crippen molar-refractivity contribution in [2.45, 2.75) is 44.2 Å². The van der Waals surface area contributed by atoms with Gasteiger partial charge in [-0.3, -0.25) is 4.99 Å². The van der Waals surface area contributed by atoms with Crippen LogP contribution in [0.15, 0.2) is 45.9 Å². The largest absolute Gasteiger partial charge is 0.506 e. The Morgan fingerprint density at radius 1 is 1.21 bits per heavy atom. The van der Waals surface area contributed by atoms with Crippen LogP contribution in [0.5, 0.6) is 11.5 Å². The lowest BCUT2D eigenvalue weighted by molar-refractivity contribution is 0.164. The molecule has 1 N–H and O–H groups in total. The summed E-state index contributed by atoms with van der Waals surface area (Å²) in [7, 11) is 0. The highest BCUT2D eigenvalue weighted by Gasteiger charge is 2.39. The number of phenolic OH excluding ortho intramolecular Hbond substituents is 1. The fourth-order valence-electron chi connectivity index (χ4n) is 3.82. The Morgan fingerprint density at radius 3 is 2.83 bits per heavy atom. The number of aliphatic imine (C=N–C) groups is 1. The minimum Gasteiger partial charge on any atom is -0.506 e. The molecule has 0 aromatic heterocycles. The highest BCUT2D eigenvalue weighted by Crippen LogP contribution is 2.50. The van der Waals surface area contributed by atoms with Gasteiger partial charge in [0.1, 0.15) is 17.6 Å². The number of benzene rings is 2. The van der Waals surface area contributed by atoms with Gasteiger partial charge in [0.15, 0.2) is 0 Å². The predicted octanol–water partition coefficient (Wildman–Crippen LogP) is 5.19. The third-order valence-corrected chi connectivity index (χ3v) is 5.59. The molecule has 1 saturated carbocycles. The zero-order chi connectivity index (χ0) is 16.5. The van der Waals surface area contributed by atoms with Crippen LogP contribution < -0.4 is 4.74 Å². The van der Waals surface area contributed by atoms with Gasteiger partial charge in [-0.2, -0.15) is 0 Å². The number of phenols is 1. The number of rotatable bonds is 3. The minimum atomic E-state index is 0.253. The molecule has 2 atom stereocenters. The topological polar surface area (TPSA) is 41.8 Å². The summed E-state index contributed by atoms with van der Waals surface area (Å²) in [5.41, 5.74) is 3.11. The van der Waals surface area contributed by atoms with Crippen molar-refractivity contribution in [1.29, 1.82) is 0 Å². The van der Waals surface area contributed by atoms with Crippen LogP contribution in [0.25, 0.3) is 0 Å². The summed E-state index contributed by atoms with van der Waals surface area (Å²) in [6, 6.07) is 12.0. The quantitative estimate of drug-likeness (QED) is 0.738. The van der Waals surface area contributed by atoms with Crippen molar-refractivity contribution in [2.24, 2.45) is 4.99 Å². The van der Waals surface area contributed by atoms with Crippen molar-refractivity contribution in [2.75, 3.05) is 0 Å². The highest BCUT2D eigenvalue weighted by atomic mass is 79.9. The highest BCUT2D eigenvalue weighted by molar-refractivity contribution is 9.10. The van der Waals surface area contributed by atoms with Gasteiger partial charge in [-0.1, -0.05) is 36.8 Å². The molecule has 1 aliphatic carbocycles. The molecular weight excluding hydrogens is 366 g/mol. The number of aromatic hydroxyl groups is 1. The van der Waals surface area contributed by atoms with E-state index in [1.54, 1.807) is 0 Å². The molecule has 2 aliphatic rings. The number of nitrogens with zero attached hydrogens (tertiary/aromatic N) is 1. The van der Waals surface area contributed by atoms with E-state index in [0.717, 1.165) is 35.3 Å². The van der Waals surface area contributed by atoms with Crippen LogP contribution in [0, 0.1) is 0 Å².